The molecule has 3 aromatic rings. The van der Waals surface area contributed by atoms with Crippen molar-refractivity contribution in [2.75, 3.05) is 20.2 Å². The third-order valence-corrected chi connectivity index (χ3v) is 5.70. The maximum Gasteiger partial charge on any atom is 0.227 e. The van der Waals surface area contributed by atoms with Gasteiger partial charge in [-0.2, -0.15) is 4.98 Å². The molecule has 1 atom stereocenters. The third kappa shape index (κ3) is 5.48. The summed E-state index contributed by atoms with van der Waals surface area (Å²) in [5.41, 5.74) is 3.41. The Hall–Kier alpha value is -3.22. The van der Waals surface area contributed by atoms with E-state index in [1.807, 2.05) is 29.3 Å². The Labute approximate surface area is 182 Å². The van der Waals surface area contributed by atoms with Crippen molar-refractivity contribution in [1.82, 2.24) is 20.0 Å². The Morgan fingerprint density at radius 3 is 2.90 bits per heavy atom. The van der Waals surface area contributed by atoms with Crippen LogP contribution >= 0.6 is 0 Å². The number of methoxy groups -OCH3 is 1. The predicted octanol–water partition coefficient (Wildman–Crippen LogP) is 3.71. The smallest absolute Gasteiger partial charge is 0.227 e. The Morgan fingerprint density at radius 2 is 2.16 bits per heavy atom. The summed E-state index contributed by atoms with van der Waals surface area (Å²) in [6.07, 6.45) is 5.68. The lowest BCUT2D eigenvalue weighted by atomic mass is 9.93. The first-order valence-corrected chi connectivity index (χ1v) is 10.8. The molecule has 162 valence electrons. The maximum absolute atomic E-state index is 12.7. The summed E-state index contributed by atoms with van der Waals surface area (Å²) < 4.78 is 10.4. The zero-order valence-electron chi connectivity index (χ0n) is 18.1. The molecule has 0 radical (unpaired) electrons. The molecule has 3 heterocycles. The number of hydrogen-bond acceptors (Lipinski definition) is 6. The van der Waals surface area contributed by atoms with Gasteiger partial charge in [-0.1, -0.05) is 23.4 Å². The molecule has 1 aliphatic rings. The molecule has 0 spiro atoms. The van der Waals surface area contributed by atoms with Crippen LogP contribution in [0.3, 0.4) is 0 Å². The van der Waals surface area contributed by atoms with Crippen molar-refractivity contribution in [2.24, 2.45) is 0 Å². The second-order valence-electron chi connectivity index (χ2n) is 8.03. The first kappa shape index (κ1) is 21.0. The van der Waals surface area contributed by atoms with E-state index >= 15 is 0 Å². The van der Waals surface area contributed by atoms with Gasteiger partial charge in [0, 0.05) is 43.7 Å². The highest BCUT2D eigenvalue weighted by Crippen LogP contribution is 2.26. The Bertz CT molecular complexity index is 1020. The molecule has 1 aromatic carbocycles. The number of ether oxygens (including phenoxy) is 1. The monoisotopic (exact) mass is 420 g/mol. The molecular formula is C24H28N4O3. The quantitative estimate of drug-likeness (QED) is 0.580. The van der Waals surface area contributed by atoms with Crippen molar-refractivity contribution >= 4 is 5.91 Å². The molecule has 1 saturated heterocycles. The highest BCUT2D eigenvalue weighted by Gasteiger charge is 2.25. The van der Waals surface area contributed by atoms with E-state index in [4.69, 9.17) is 14.2 Å². The average molecular weight is 421 g/mol. The van der Waals surface area contributed by atoms with E-state index in [1.54, 1.807) is 14.0 Å². The summed E-state index contributed by atoms with van der Waals surface area (Å²) in [4.78, 5) is 23.5. The molecule has 0 saturated carbocycles. The van der Waals surface area contributed by atoms with Gasteiger partial charge < -0.3 is 14.2 Å². The second-order valence-corrected chi connectivity index (χ2v) is 8.03. The first-order chi connectivity index (χ1) is 15.1. The van der Waals surface area contributed by atoms with Crippen molar-refractivity contribution in [3.8, 4) is 5.75 Å². The number of hydrogen-bond donors (Lipinski definition) is 0. The minimum Gasteiger partial charge on any atom is -0.497 e. The van der Waals surface area contributed by atoms with E-state index in [1.165, 1.54) is 5.56 Å². The van der Waals surface area contributed by atoms with Crippen molar-refractivity contribution in [2.45, 2.75) is 44.9 Å². The van der Waals surface area contributed by atoms with E-state index < -0.39 is 0 Å². The zero-order valence-corrected chi connectivity index (χ0v) is 18.1. The maximum atomic E-state index is 12.7. The number of likely N-dealkylation sites (tertiary alicyclic amines) is 1. The molecule has 2 aromatic heterocycles. The van der Waals surface area contributed by atoms with Crippen LogP contribution in [-0.2, 0) is 17.6 Å². The van der Waals surface area contributed by atoms with Gasteiger partial charge in [0.15, 0.2) is 5.82 Å². The van der Waals surface area contributed by atoms with E-state index in [2.05, 4.69) is 28.3 Å². The van der Waals surface area contributed by atoms with Gasteiger partial charge in [-0.05, 0) is 55.5 Å². The fraction of sp³-hybridized carbons (Fsp3) is 0.417. The average Bonchev–Trinajstić information content (AvgIpc) is 3.23. The van der Waals surface area contributed by atoms with Crippen LogP contribution in [0.25, 0.3) is 0 Å². The fourth-order valence-corrected chi connectivity index (χ4v) is 4.06. The highest BCUT2D eigenvalue weighted by molar-refractivity contribution is 5.76. The normalized spacial score (nSPS) is 16.3. The largest absolute Gasteiger partial charge is 0.497 e. The minimum atomic E-state index is 0.134. The predicted molar refractivity (Wildman–Crippen MR) is 116 cm³/mol. The third-order valence-electron chi connectivity index (χ3n) is 5.70. The summed E-state index contributed by atoms with van der Waals surface area (Å²) in [6, 6.07) is 12.3. The Balaban J connectivity index is 1.33. The molecule has 1 fully saturated rings. The lowest BCUT2D eigenvalue weighted by Crippen LogP contribution is -2.39. The van der Waals surface area contributed by atoms with Crippen molar-refractivity contribution < 1.29 is 14.1 Å². The fourth-order valence-electron chi connectivity index (χ4n) is 4.06. The van der Waals surface area contributed by atoms with Crippen molar-refractivity contribution in [3.63, 3.8) is 0 Å². The number of pyridine rings is 1. The van der Waals surface area contributed by atoms with Gasteiger partial charge in [0.25, 0.3) is 0 Å². The number of carbonyl (C=O) groups is 1. The number of nitrogens with zero attached hydrogens (tertiary/aromatic N) is 4. The van der Waals surface area contributed by atoms with Crippen LogP contribution in [0.2, 0.25) is 0 Å². The molecule has 1 unspecified atom stereocenters. The van der Waals surface area contributed by atoms with Crippen LogP contribution in [0.1, 0.15) is 53.7 Å². The van der Waals surface area contributed by atoms with E-state index in [0.29, 0.717) is 31.1 Å². The number of amides is 1. The van der Waals surface area contributed by atoms with Crippen molar-refractivity contribution in [1.29, 1.82) is 0 Å². The number of benzene rings is 1. The van der Waals surface area contributed by atoms with Gasteiger partial charge in [0.2, 0.25) is 11.8 Å². The molecule has 0 aliphatic carbocycles. The molecule has 1 aliphatic heterocycles. The van der Waals surface area contributed by atoms with Gasteiger partial charge in [-0.15, -0.1) is 0 Å². The summed E-state index contributed by atoms with van der Waals surface area (Å²) in [7, 11) is 1.68. The second kappa shape index (κ2) is 9.73. The highest BCUT2D eigenvalue weighted by atomic mass is 16.5. The first-order valence-electron chi connectivity index (χ1n) is 10.8. The van der Waals surface area contributed by atoms with Crippen LogP contribution in [0.5, 0.6) is 5.75 Å². The Morgan fingerprint density at radius 1 is 1.26 bits per heavy atom. The van der Waals surface area contributed by atoms with Crippen LogP contribution in [0.4, 0.5) is 0 Å². The lowest BCUT2D eigenvalue weighted by Gasteiger charge is -2.32. The van der Waals surface area contributed by atoms with Crippen molar-refractivity contribution in [3.05, 3.63) is 71.1 Å². The zero-order chi connectivity index (χ0) is 21.6. The number of piperidine rings is 1. The summed E-state index contributed by atoms with van der Waals surface area (Å²) in [6.45, 7) is 3.29. The van der Waals surface area contributed by atoms with Gasteiger partial charge in [-0.3, -0.25) is 9.78 Å². The minimum absolute atomic E-state index is 0.134. The molecule has 7 heteroatoms. The van der Waals surface area contributed by atoms with Crippen LogP contribution in [0, 0.1) is 6.92 Å². The van der Waals surface area contributed by atoms with E-state index in [-0.39, 0.29) is 11.8 Å². The van der Waals surface area contributed by atoms with Gasteiger partial charge in [-0.25, -0.2) is 0 Å². The van der Waals surface area contributed by atoms with Crippen LogP contribution in [0.15, 0.2) is 47.1 Å². The molecule has 0 N–H and O–H groups in total. The Kier molecular flexibility index (Phi) is 6.60. The molecule has 31 heavy (non-hydrogen) atoms. The van der Waals surface area contributed by atoms with E-state index in [9.17, 15) is 4.79 Å². The number of rotatable bonds is 7. The van der Waals surface area contributed by atoms with Gasteiger partial charge >= 0.3 is 0 Å². The molecular weight excluding hydrogens is 392 g/mol. The summed E-state index contributed by atoms with van der Waals surface area (Å²) in [5.74, 6) is 2.39. The molecule has 1 amide bonds. The topological polar surface area (TPSA) is 81.4 Å². The van der Waals surface area contributed by atoms with Crippen LogP contribution in [-0.4, -0.2) is 46.1 Å². The van der Waals surface area contributed by atoms with E-state index in [0.717, 1.165) is 42.8 Å². The van der Waals surface area contributed by atoms with Gasteiger partial charge in [0.1, 0.15) is 5.75 Å². The molecule has 7 nitrogen and oxygen atoms in total. The summed E-state index contributed by atoms with van der Waals surface area (Å²) >= 11 is 0. The summed E-state index contributed by atoms with van der Waals surface area (Å²) in [5, 5.41) is 3.78. The lowest BCUT2D eigenvalue weighted by molar-refractivity contribution is -0.132. The molecule has 0 bridgehead atoms. The number of aryl methyl sites for hydroxylation is 2. The standard InChI is InChI=1S/C24H28N4O3/c1-17-26-23(31-27-17)10-11-24(29)28-12-4-6-20(16-28)22-9-8-19(15-25-22)13-18-5-3-7-21(14-18)30-2/h3,5,7-9,14-15,20H,4,6,10-13,16H2,1-2H3. The SMILES string of the molecule is COc1cccc(Cc2ccc(C3CCCN(C(=O)CCc4nc(C)no4)C3)nc2)c1. The molecule has 4 rings (SSSR count). The van der Waals surface area contributed by atoms with Gasteiger partial charge in [0.05, 0.1) is 7.11 Å². The number of carbonyl (C=O) groups excluding carboxylic acids is 1. The van der Waals surface area contributed by atoms with Crippen LogP contribution < -0.4 is 4.74 Å². The number of aromatic nitrogens is 3.